The van der Waals surface area contributed by atoms with Gasteiger partial charge in [-0.05, 0) is 12.5 Å². The van der Waals surface area contributed by atoms with Gasteiger partial charge in [-0.2, -0.15) is 5.48 Å². The van der Waals surface area contributed by atoms with Crippen molar-refractivity contribution in [3.63, 3.8) is 0 Å². The number of non-ortho nitro benzene ring substituents is 1. The fourth-order valence-electron chi connectivity index (χ4n) is 1.15. The SMILES string of the molecule is CONC(C)c1cccc([N+](=O)[O-])c1. The fraction of sp³-hybridized carbons (Fsp3) is 0.333. The number of nitrogens with zero attached hydrogens (tertiary/aromatic N) is 1. The molecule has 1 rings (SSSR count). The highest BCUT2D eigenvalue weighted by Gasteiger charge is 2.09. The molecule has 1 aromatic carbocycles. The molecule has 0 aliphatic carbocycles. The molecule has 1 N–H and O–H groups in total. The highest BCUT2D eigenvalue weighted by Crippen LogP contribution is 2.18. The highest BCUT2D eigenvalue weighted by atomic mass is 16.6. The monoisotopic (exact) mass is 196 g/mol. The van der Waals surface area contributed by atoms with E-state index in [1.165, 1.54) is 19.2 Å². The lowest BCUT2D eigenvalue weighted by molar-refractivity contribution is -0.384. The molecule has 0 aromatic heterocycles. The summed E-state index contributed by atoms with van der Waals surface area (Å²) in [6.07, 6.45) is 0. The van der Waals surface area contributed by atoms with Crippen molar-refractivity contribution >= 4 is 5.69 Å². The minimum absolute atomic E-state index is 0.0695. The molecule has 0 radical (unpaired) electrons. The van der Waals surface area contributed by atoms with Crippen LogP contribution in [0.3, 0.4) is 0 Å². The van der Waals surface area contributed by atoms with Crippen molar-refractivity contribution in [2.75, 3.05) is 7.11 Å². The van der Waals surface area contributed by atoms with Gasteiger partial charge in [-0.15, -0.1) is 0 Å². The van der Waals surface area contributed by atoms with E-state index in [2.05, 4.69) is 5.48 Å². The predicted molar refractivity (Wildman–Crippen MR) is 51.7 cm³/mol. The molecule has 14 heavy (non-hydrogen) atoms. The van der Waals surface area contributed by atoms with E-state index in [1.54, 1.807) is 6.07 Å². The maximum absolute atomic E-state index is 10.5. The lowest BCUT2D eigenvalue weighted by Crippen LogP contribution is -2.16. The van der Waals surface area contributed by atoms with E-state index in [0.29, 0.717) is 0 Å². The van der Waals surface area contributed by atoms with Gasteiger partial charge in [-0.3, -0.25) is 10.1 Å². The van der Waals surface area contributed by atoms with Crippen LogP contribution in [0.25, 0.3) is 0 Å². The summed E-state index contributed by atoms with van der Waals surface area (Å²) in [5, 5.41) is 10.5. The Labute approximate surface area is 81.8 Å². The summed E-state index contributed by atoms with van der Waals surface area (Å²) in [5.41, 5.74) is 3.62. The number of hydrogen-bond acceptors (Lipinski definition) is 4. The summed E-state index contributed by atoms with van der Waals surface area (Å²) >= 11 is 0. The van der Waals surface area contributed by atoms with E-state index in [0.717, 1.165) is 5.56 Å². The van der Waals surface area contributed by atoms with Crippen LogP contribution in [-0.2, 0) is 4.84 Å². The standard InChI is InChI=1S/C9H12N2O3/c1-7(10-14-2)8-4-3-5-9(6-8)11(12)13/h3-7,10H,1-2H3. The van der Waals surface area contributed by atoms with Crippen LogP contribution in [0.4, 0.5) is 5.69 Å². The van der Waals surface area contributed by atoms with Gasteiger partial charge >= 0.3 is 0 Å². The first-order valence-corrected chi connectivity index (χ1v) is 4.18. The number of rotatable bonds is 4. The van der Waals surface area contributed by atoms with Crippen LogP contribution in [0.5, 0.6) is 0 Å². The number of hydrogen-bond donors (Lipinski definition) is 1. The minimum Gasteiger partial charge on any atom is -0.305 e. The Balaban J connectivity index is 2.87. The smallest absolute Gasteiger partial charge is 0.269 e. The topological polar surface area (TPSA) is 64.4 Å². The predicted octanol–water partition coefficient (Wildman–Crippen LogP) is 1.81. The van der Waals surface area contributed by atoms with Crippen molar-refractivity contribution in [2.24, 2.45) is 0 Å². The van der Waals surface area contributed by atoms with Gasteiger partial charge in [0.2, 0.25) is 0 Å². The molecule has 1 unspecified atom stereocenters. The average molecular weight is 196 g/mol. The zero-order chi connectivity index (χ0) is 10.6. The van der Waals surface area contributed by atoms with E-state index in [4.69, 9.17) is 4.84 Å². The fourth-order valence-corrected chi connectivity index (χ4v) is 1.15. The molecular formula is C9H12N2O3. The minimum atomic E-state index is -0.414. The molecule has 0 bridgehead atoms. The molecule has 0 heterocycles. The van der Waals surface area contributed by atoms with Crippen molar-refractivity contribution in [2.45, 2.75) is 13.0 Å². The summed E-state index contributed by atoms with van der Waals surface area (Å²) in [5.74, 6) is 0. The first kappa shape index (κ1) is 10.6. The van der Waals surface area contributed by atoms with Gasteiger partial charge in [0.1, 0.15) is 0 Å². The molecule has 0 spiro atoms. The van der Waals surface area contributed by atoms with Gasteiger partial charge in [0.05, 0.1) is 18.1 Å². The Bertz CT molecular complexity index is 328. The summed E-state index contributed by atoms with van der Waals surface area (Å²) in [6, 6.07) is 6.38. The van der Waals surface area contributed by atoms with Crippen LogP contribution in [-0.4, -0.2) is 12.0 Å². The second-order valence-corrected chi connectivity index (χ2v) is 2.90. The zero-order valence-electron chi connectivity index (χ0n) is 8.06. The van der Waals surface area contributed by atoms with Crippen LogP contribution in [0, 0.1) is 10.1 Å². The van der Waals surface area contributed by atoms with Crippen molar-refractivity contribution in [3.05, 3.63) is 39.9 Å². The van der Waals surface area contributed by atoms with Gasteiger partial charge in [-0.25, -0.2) is 0 Å². The number of hydroxylamine groups is 1. The Kier molecular flexibility index (Phi) is 3.55. The normalized spacial score (nSPS) is 12.4. The van der Waals surface area contributed by atoms with Gasteiger partial charge in [-0.1, -0.05) is 12.1 Å². The maximum Gasteiger partial charge on any atom is 0.269 e. The highest BCUT2D eigenvalue weighted by molar-refractivity contribution is 5.35. The van der Waals surface area contributed by atoms with Crippen LogP contribution in [0.2, 0.25) is 0 Å². The Morgan fingerprint density at radius 3 is 2.86 bits per heavy atom. The Morgan fingerprint density at radius 1 is 1.57 bits per heavy atom. The number of nitro groups is 1. The van der Waals surface area contributed by atoms with E-state index in [1.807, 2.05) is 13.0 Å². The molecule has 1 aromatic rings. The van der Waals surface area contributed by atoms with E-state index in [9.17, 15) is 10.1 Å². The largest absolute Gasteiger partial charge is 0.305 e. The lowest BCUT2D eigenvalue weighted by Gasteiger charge is -2.11. The van der Waals surface area contributed by atoms with Crippen molar-refractivity contribution < 1.29 is 9.76 Å². The van der Waals surface area contributed by atoms with Gasteiger partial charge in [0.15, 0.2) is 0 Å². The molecule has 5 nitrogen and oxygen atoms in total. The quantitative estimate of drug-likeness (QED) is 0.589. The molecule has 0 fully saturated rings. The second kappa shape index (κ2) is 4.69. The second-order valence-electron chi connectivity index (χ2n) is 2.90. The van der Waals surface area contributed by atoms with Crippen LogP contribution < -0.4 is 5.48 Å². The van der Waals surface area contributed by atoms with Crippen LogP contribution in [0.1, 0.15) is 18.5 Å². The van der Waals surface area contributed by atoms with E-state index >= 15 is 0 Å². The Hall–Kier alpha value is -1.46. The van der Waals surface area contributed by atoms with E-state index < -0.39 is 4.92 Å². The van der Waals surface area contributed by atoms with Crippen molar-refractivity contribution in [1.29, 1.82) is 0 Å². The van der Waals surface area contributed by atoms with Crippen LogP contribution in [0.15, 0.2) is 24.3 Å². The molecule has 0 aliphatic heterocycles. The van der Waals surface area contributed by atoms with Gasteiger partial charge in [0, 0.05) is 12.1 Å². The molecule has 0 saturated carbocycles. The first-order chi connectivity index (χ1) is 6.65. The molecule has 0 saturated heterocycles. The summed E-state index contributed by atoms with van der Waals surface area (Å²) in [4.78, 5) is 14.8. The molecule has 1 atom stereocenters. The lowest BCUT2D eigenvalue weighted by atomic mass is 10.1. The summed E-state index contributed by atoms with van der Waals surface area (Å²) in [7, 11) is 1.51. The molecule has 76 valence electrons. The average Bonchev–Trinajstić information content (AvgIpc) is 2.18. The van der Waals surface area contributed by atoms with Crippen LogP contribution >= 0.6 is 0 Å². The summed E-state index contributed by atoms with van der Waals surface area (Å²) in [6.45, 7) is 1.86. The molecular weight excluding hydrogens is 184 g/mol. The van der Waals surface area contributed by atoms with Gasteiger partial charge in [0.25, 0.3) is 5.69 Å². The van der Waals surface area contributed by atoms with Crippen molar-refractivity contribution in [1.82, 2.24) is 5.48 Å². The third-order valence-corrected chi connectivity index (χ3v) is 1.88. The maximum atomic E-state index is 10.5. The Morgan fingerprint density at radius 2 is 2.29 bits per heavy atom. The van der Waals surface area contributed by atoms with Crippen molar-refractivity contribution in [3.8, 4) is 0 Å². The number of benzene rings is 1. The number of nitro benzene ring substituents is 1. The number of nitrogens with one attached hydrogen (secondary N) is 1. The third-order valence-electron chi connectivity index (χ3n) is 1.88. The first-order valence-electron chi connectivity index (χ1n) is 4.18. The third kappa shape index (κ3) is 2.51. The summed E-state index contributed by atoms with van der Waals surface area (Å²) < 4.78 is 0. The van der Waals surface area contributed by atoms with Gasteiger partial charge < -0.3 is 4.84 Å². The molecule has 5 heteroatoms. The van der Waals surface area contributed by atoms with E-state index in [-0.39, 0.29) is 11.7 Å². The zero-order valence-corrected chi connectivity index (χ0v) is 8.06. The molecule has 0 amide bonds. The molecule has 0 aliphatic rings.